The second kappa shape index (κ2) is 7.34. The van der Waals surface area contributed by atoms with E-state index in [1.807, 2.05) is 18.7 Å². The highest BCUT2D eigenvalue weighted by Crippen LogP contribution is 2.37. The molecule has 0 spiro atoms. The van der Waals surface area contributed by atoms with Gasteiger partial charge < -0.3 is 9.73 Å². The standard InChI is InChI=1S/C15H26N2OS/c1-4-8-16-13-7-6-12(5-2)9-14(13)19-15-17-11(3)10-18-15/h10,12-14,16H,4-9H2,1-3H3. The Bertz CT molecular complexity index is 380. The molecule has 108 valence electrons. The van der Waals surface area contributed by atoms with E-state index in [1.165, 1.54) is 32.1 Å². The number of oxazole rings is 1. The van der Waals surface area contributed by atoms with Crippen molar-refractivity contribution in [3.63, 3.8) is 0 Å². The van der Waals surface area contributed by atoms with Crippen LogP contribution in [0, 0.1) is 12.8 Å². The van der Waals surface area contributed by atoms with Crippen molar-refractivity contribution in [2.45, 2.75) is 69.4 Å². The highest BCUT2D eigenvalue weighted by atomic mass is 32.2. The lowest BCUT2D eigenvalue weighted by Crippen LogP contribution is -2.42. The van der Waals surface area contributed by atoms with Crippen LogP contribution in [0.25, 0.3) is 0 Å². The van der Waals surface area contributed by atoms with Gasteiger partial charge in [-0.2, -0.15) is 0 Å². The molecule has 1 fully saturated rings. The van der Waals surface area contributed by atoms with Crippen LogP contribution in [0.5, 0.6) is 0 Å². The quantitative estimate of drug-likeness (QED) is 0.855. The molecule has 4 heteroatoms. The van der Waals surface area contributed by atoms with E-state index in [2.05, 4.69) is 24.1 Å². The summed E-state index contributed by atoms with van der Waals surface area (Å²) in [6, 6.07) is 0.611. The van der Waals surface area contributed by atoms with Crippen molar-refractivity contribution in [1.29, 1.82) is 0 Å². The van der Waals surface area contributed by atoms with Gasteiger partial charge in [0, 0.05) is 11.3 Å². The molecule has 0 aliphatic heterocycles. The van der Waals surface area contributed by atoms with E-state index in [4.69, 9.17) is 4.42 Å². The zero-order chi connectivity index (χ0) is 13.7. The molecular formula is C15H26N2OS. The van der Waals surface area contributed by atoms with Crippen LogP contribution in [0.4, 0.5) is 0 Å². The summed E-state index contributed by atoms with van der Waals surface area (Å²) < 4.78 is 5.51. The van der Waals surface area contributed by atoms with Crippen LogP contribution >= 0.6 is 11.8 Å². The molecule has 1 heterocycles. The molecule has 0 bridgehead atoms. The number of nitrogens with zero attached hydrogens (tertiary/aromatic N) is 1. The number of hydrogen-bond donors (Lipinski definition) is 1. The molecule has 0 aromatic carbocycles. The SMILES string of the molecule is CCCNC1CCC(CC)CC1Sc1nc(C)co1. The average molecular weight is 282 g/mol. The fourth-order valence-electron chi connectivity index (χ4n) is 2.79. The van der Waals surface area contributed by atoms with Gasteiger partial charge in [-0.15, -0.1) is 0 Å². The number of hydrogen-bond acceptors (Lipinski definition) is 4. The molecule has 1 saturated carbocycles. The highest BCUT2D eigenvalue weighted by Gasteiger charge is 2.31. The third kappa shape index (κ3) is 4.25. The lowest BCUT2D eigenvalue weighted by molar-refractivity contribution is 0.294. The van der Waals surface area contributed by atoms with Gasteiger partial charge in [-0.05, 0) is 45.1 Å². The topological polar surface area (TPSA) is 38.1 Å². The zero-order valence-corrected chi connectivity index (χ0v) is 13.1. The van der Waals surface area contributed by atoms with Gasteiger partial charge in [0.25, 0.3) is 5.22 Å². The van der Waals surface area contributed by atoms with Gasteiger partial charge in [0.15, 0.2) is 0 Å². The minimum absolute atomic E-state index is 0.600. The molecule has 19 heavy (non-hydrogen) atoms. The lowest BCUT2D eigenvalue weighted by atomic mass is 9.84. The summed E-state index contributed by atoms with van der Waals surface area (Å²) >= 11 is 1.82. The molecule has 3 nitrogen and oxygen atoms in total. The summed E-state index contributed by atoms with van der Waals surface area (Å²) in [5.74, 6) is 0.869. The first-order valence-electron chi connectivity index (χ1n) is 7.55. The molecule has 0 radical (unpaired) electrons. The second-order valence-corrected chi connectivity index (χ2v) is 6.75. The van der Waals surface area contributed by atoms with Crippen molar-refractivity contribution in [3.05, 3.63) is 12.0 Å². The summed E-state index contributed by atoms with van der Waals surface area (Å²) in [6.07, 6.45) is 8.17. The summed E-state index contributed by atoms with van der Waals surface area (Å²) in [4.78, 5) is 4.44. The van der Waals surface area contributed by atoms with Crippen LogP contribution in [0.1, 0.15) is 51.6 Å². The van der Waals surface area contributed by atoms with Crippen molar-refractivity contribution >= 4 is 11.8 Å². The maximum absolute atomic E-state index is 5.51. The summed E-state index contributed by atoms with van der Waals surface area (Å²) in [6.45, 7) is 7.63. The smallest absolute Gasteiger partial charge is 0.256 e. The van der Waals surface area contributed by atoms with Gasteiger partial charge in [0.1, 0.15) is 6.26 Å². The third-order valence-electron chi connectivity index (χ3n) is 3.98. The molecule has 1 aliphatic rings. The maximum atomic E-state index is 5.51. The van der Waals surface area contributed by atoms with E-state index in [0.29, 0.717) is 11.3 Å². The number of nitrogens with one attached hydrogen (secondary N) is 1. The Hall–Kier alpha value is -0.480. The Balaban J connectivity index is 1.97. The fourth-order valence-corrected chi connectivity index (χ4v) is 4.12. The van der Waals surface area contributed by atoms with E-state index >= 15 is 0 Å². The van der Waals surface area contributed by atoms with Crippen LogP contribution < -0.4 is 5.32 Å². The first kappa shape index (κ1) is 14.9. The first-order chi connectivity index (χ1) is 9.22. The molecule has 1 aliphatic carbocycles. The number of rotatable bonds is 6. The number of aryl methyl sites for hydroxylation is 1. The summed E-state index contributed by atoms with van der Waals surface area (Å²) in [5, 5.41) is 5.14. The van der Waals surface area contributed by atoms with Gasteiger partial charge in [0.05, 0.1) is 5.69 Å². The molecule has 3 unspecified atom stereocenters. The number of thioether (sulfide) groups is 1. The molecule has 1 aromatic rings. The Morgan fingerprint density at radius 1 is 1.42 bits per heavy atom. The van der Waals surface area contributed by atoms with Crippen LogP contribution in [0.2, 0.25) is 0 Å². The Kier molecular flexibility index (Phi) is 5.76. The van der Waals surface area contributed by atoms with Crippen LogP contribution in [-0.2, 0) is 0 Å². The van der Waals surface area contributed by atoms with Gasteiger partial charge in [-0.3, -0.25) is 0 Å². The van der Waals surface area contributed by atoms with Crippen LogP contribution in [-0.4, -0.2) is 22.8 Å². The summed E-state index contributed by atoms with van der Waals surface area (Å²) in [5.41, 5.74) is 0.975. The zero-order valence-electron chi connectivity index (χ0n) is 12.3. The van der Waals surface area contributed by atoms with Gasteiger partial charge in [0.2, 0.25) is 0 Å². The highest BCUT2D eigenvalue weighted by molar-refractivity contribution is 7.99. The van der Waals surface area contributed by atoms with Crippen LogP contribution in [0.15, 0.2) is 15.9 Å². The van der Waals surface area contributed by atoms with Gasteiger partial charge in [-0.25, -0.2) is 4.98 Å². The largest absolute Gasteiger partial charge is 0.440 e. The second-order valence-electron chi connectivity index (χ2n) is 5.56. The van der Waals surface area contributed by atoms with E-state index < -0.39 is 0 Å². The first-order valence-corrected chi connectivity index (χ1v) is 8.43. The van der Waals surface area contributed by atoms with Crippen molar-refractivity contribution < 1.29 is 4.42 Å². The summed E-state index contributed by atoms with van der Waals surface area (Å²) in [7, 11) is 0. The minimum Gasteiger partial charge on any atom is -0.440 e. The molecule has 2 rings (SSSR count). The molecule has 1 aromatic heterocycles. The third-order valence-corrected chi connectivity index (χ3v) is 5.20. The lowest BCUT2D eigenvalue weighted by Gasteiger charge is -2.35. The van der Waals surface area contributed by atoms with E-state index in [-0.39, 0.29) is 0 Å². The van der Waals surface area contributed by atoms with Crippen molar-refractivity contribution in [1.82, 2.24) is 10.3 Å². The monoisotopic (exact) mass is 282 g/mol. The molecular weight excluding hydrogens is 256 g/mol. The Morgan fingerprint density at radius 2 is 2.26 bits per heavy atom. The minimum atomic E-state index is 0.600. The van der Waals surface area contributed by atoms with Gasteiger partial charge in [-0.1, -0.05) is 32.0 Å². The Labute approximate surface area is 120 Å². The average Bonchev–Trinajstić information content (AvgIpc) is 2.82. The normalized spacial score (nSPS) is 27.6. The van der Waals surface area contributed by atoms with E-state index in [9.17, 15) is 0 Å². The predicted molar refractivity (Wildman–Crippen MR) is 80.6 cm³/mol. The van der Waals surface area contributed by atoms with Crippen molar-refractivity contribution in [3.8, 4) is 0 Å². The fraction of sp³-hybridized carbons (Fsp3) is 0.800. The molecule has 3 atom stereocenters. The maximum Gasteiger partial charge on any atom is 0.256 e. The van der Waals surface area contributed by atoms with Gasteiger partial charge >= 0.3 is 0 Å². The molecule has 1 N–H and O–H groups in total. The number of aromatic nitrogens is 1. The van der Waals surface area contributed by atoms with E-state index in [0.717, 1.165) is 23.4 Å². The van der Waals surface area contributed by atoms with Crippen LogP contribution in [0.3, 0.4) is 0 Å². The van der Waals surface area contributed by atoms with E-state index in [1.54, 1.807) is 6.26 Å². The van der Waals surface area contributed by atoms with Crippen molar-refractivity contribution in [2.24, 2.45) is 5.92 Å². The molecule has 0 saturated heterocycles. The van der Waals surface area contributed by atoms with Crippen molar-refractivity contribution in [2.75, 3.05) is 6.54 Å². The predicted octanol–water partition coefficient (Wildman–Crippen LogP) is 4.02. The molecule has 0 amide bonds. The Morgan fingerprint density at radius 3 is 2.89 bits per heavy atom.